The van der Waals surface area contributed by atoms with Crippen molar-refractivity contribution in [3.05, 3.63) is 158 Å². The van der Waals surface area contributed by atoms with E-state index in [9.17, 15) is 0 Å². The van der Waals surface area contributed by atoms with Crippen LogP contribution in [0.3, 0.4) is 0 Å². The second kappa shape index (κ2) is 12.2. The fourth-order valence-electron chi connectivity index (χ4n) is 8.95. The van der Waals surface area contributed by atoms with E-state index in [4.69, 9.17) is 9.47 Å². The zero-order valence-electron chi connectivity index (χ0n) is 30.0. The first kappa shape index (κ1) is 32.0. The maximum absolute atomic E-state index is 6.57. The Morgan fingerprint density at radius 2 is 1.04 bits per heavy atom. The second-order valence-electron chi connectivity index (χ2n) is 14.7. The van der Waals surface area contributed by atoms with Gasteiger partial charge in [0.25, 0.3) is 6.71 Å². The minimum atomic E-state index is -0.0477. The Balaban J connectivity index is 0.898. The summed E-state index contributed by atoms with van der Waals surface area (Å²) in [5.74, 6) is 3.40. The topological polar surface area (TPSA) is 54.1 Å². The van der Waals surface area contributed by atoms with Crippen LogP contribution in [0.15, 0.2) is 177 Å². The summed E-state index contributed by atoms with van der Waals surface area (Å²) in [6, 6.07) is 45.9. The minimum Gasteiger partial charge on any atom is -0.458 e. The van der Waals surface area contributed by atoms with E-state index in [0.717, 1.165) is 56.3 Å². The molecule has 0 atom stereocenters. The molecule has 0 spiro atoms. The van der Waals surface area contributed by atoms with Crippen molar-refractivity contribution >= 4 is 81.1 Å². The van der Waals surface area contributed by atoms with Crippen LogP contribution in [0, 0.1) is 0 Å². The van der Waals surface area contributed by atoms with E-state index in [1.165, 1.54) is 52.0 Å². The van der Waals surface area contributed by atoms with Gasteiger partial charge in [0.15, 0.2) is 0 Å². The standard InChI is InChI=1S/C46H26B2N4O2S3/c1-5-38-45-39(6-1)54-37-14-11-30(51-19-3-17-49-51)24-33(37)47(45)32-21-27(9-13-36(32)53-38)29-23-44(55-26-29)28-10-15-40-34(22-28)48-35-25-31(52-20-4-18-50-52)12-16-41(35)57-43-8-2-7-42(56-40)46(43)48/h1-26H. The largest absolute Gasteiger partial charge is 0.458 e. The van der Waals surface area contributed by atoms with E-state index in [1.807, 2.05) is 81.8 Å². The number of fused-ring (bicyclic) bond motifs is 8. The van der Waals surface area contributed by atoms with Crippen molar-refractivity contribution in [2.24, 2.45) is 0 Å². The van der Waals surface area contributed by atoms with Crippen molar-refractivity contribution in [2.45, 2.75) is 19.6 Å². The van der Waals surface area contributed by atoms with Crippen molar-refractivity contribution in [2.75, 3.05) is 0 Å². The summed E-state index contributed by atoms with van der Waals surface area (Å²) in [6.45, 7) is 0.0942. The molecule has 6 nitrogen and oxygen atoms in total. The maximum Gasteiger partial charge on any atom is 0.260 e. The Hall–Kier alpha value is -6.13. The molecule has 0 amide bonds. The van der Waals surface area contributed by atoms with Crippen LogP contribution < -0.4 is 42.3 Å². The van der Waals surface area contributed by atoms with Crippen LogP contribution in [0.2, 0.25) is 0 Å². The lowest BCUT2D eigenvalue weighted by Crippen LogP contribution is -2.58. The lowest BCUT2D eigenvalue weighted by molar-refractivity contribution is 0.464. The van der Waals surface area contributed by atoms with Crippen molar-refractivity contribution < 1.29 is 9.47 Å². The van der Waals surface area contributed by atoms with Gasteiger partial charge < -0.3 is 9.47 Å². The van der Waals surface area contributed by atoms with E-state index >= 15 is 0 Å². The number of hydrogen-bond donors (Lipinski definition) is 0. The van der Waals surface area contributed by atoms with Gasteiger partial charge >= 0.3 is 0 Å². The van der Waals surface area contributed by atoms with Crippen molar-refractivity contribution in [3.8, 4) is 55.9 Å². The van der Waals surface area contributed by atoms with E-state index in [2.05, 4.69) is 113 Å². The highest BCUT2D eigenvalue weighted by atomic mass is 32.2. The highest BCUT2D eigenvalue weighted by Crippen LogP contribution is 2.41. The molecule has 13 rings (SSSR count). The molecule has 0 N–H and O–H groups in total. The number of ether oxygens (including phenoxy) is 2. The van der Waals surface area contributed by atoms with Gasteiger partial charge in [0.05, 0.1) is 11.4 Å². The van der Waals surface area contributed by atoms with Crippen LogP contribution in [0.5, 0.6) is 23.0 Å². The van der Waals surface area contributed by atoms with Gasteiger partial charge in [-0.25, -0.2) is 9.36 Å². The Morgan fingerprint density at radius 3 is 1.75 bits per heavy atom. The van der Waals surface area contributed by atoms with E-state index in [-0.39, 0.29) is 13.4 Å². The quantitative estimate of drug-likeness (QED) is 0.171. The molecule has 0 fully saturated rings. The molecule has 11 heteroatoms. The third-order valence-electron chi connectivity index (χ3n) is 11.5. The summed E-state index contributed by atoms with van der Waals surface area (Å²) < 4.78 is 16.9. The molecule has 0 aliphatic carbocycles. The molecule has 0 radical (unpaired) electrons. The summed E-state index contributed by atoms with van der Waals surface area (Å²) in [6.07, 6.45) is 7.63. The number of rotatable bonds is 4. The van der Waals surface area contributed by atoms with Gasteiger partial charge in [0.1, 0.15) is 23.0 Å². The Labute approximate surface area is 341 Å². The first-order valence-corrected chi connectivity index (χ1v) is 21.3. The molecule has 4 aliphatic rings. The zero-order valence-corrected chi connectivity index (χ0v) is 32.4. The first-order chi connectivity index (χ1) is 28.2. The molecule has 9 aromatic rings. The Morgan fingerprint density at radius 1 is 0.456 bits per heavy atom. The summed E-state index contributed by atoms with van der Waals surface area (Å²) >= 11 is 5.57. The summed E-state index contributed by atoms with van der Waals surface area (Å²) in [7, 11) is 0. The molecular weight excluding hydrogens is 758 g/mol. The zero-order chi connectivity index (χ0) is 37.2. The van der Waals surface area contributed by atoms with Crippen LogP contribution in [-0.4, -0.2) is 33.0 Å². The second-order valence-corrected chi connectivity index (χ2v) is 17.7. The first-order valence-electron chi connectivity index (χ1n) is 18.8. The lowest BCUT2D eigenvalue weighted by Gasteiger charge is -2.33. The third kappa shape index (κ3) is 4.89. The number of hydrogen-bond acceptors (Lipinski definition) is 7. The van der Waals surface area contributed by atoms with Crippen LogP contribution in [-0.2, 0) is 0 Å². The minimum absolute atomic E-state index is 0.0477. The predicted molar refractivity (Wildman–Crippen MR) is 233 cm³/mol. The van der Waals surface area contributed by atoms with Gasteiger partial charge in [0, 0.05) is 54.7 Å². The van der Waals surface area contributed by atoms with Crippen LogP contribution in [0.1, 0.15) is 0 Å². The average Bonchev–Trinajstić information content (AvgIpc) is 4.08. The van der Waals surface area contributed by atoms with Crippen LogP contribution in [0.25, 0.3) is 32.9 Å². The molecule has 4 aliphatic heterocycles. The van der Waals surface area contributed by atoms with Gasteiger partial charge in [-0.1, -0.05) is 70.8 Å². The fourth-order valence-corrected chi connectivity index (χ4v) is 12.2. The monoisotopic (exact) mass is 784 g/mol. The highest BCUT2D eigenvalue weighted by Gasteiger charge is 2.41. The van der Waals surface area contributed by atoms with E-state index in [1.54, 1.807) is 17.5 Å². The Bertz CT molecular complexity index is 2890. The van der Waals surface area contributed by atoms with Crippen molar-refractivity contribution in [1.82, 2.24) is 19.6 Å². The molecule has 3 aromatic heterocycles. The molecule has 7 heterocycles. The smallest absolute Gasteiger partial charge is 0.260 e. The molecule has 0 saturated heterocycles. The number of nitrogens with zero attached hydrogens (tertiary/aromatic N) is 4. The summed E-state index contributed by atoms with van der Waals surface area (Å²) in [4.78, 5) is 6.55. The highest BCUT2D eigenvalue weighted by molar-refractivity contribution is 8.01. The van der Waals surface area contributed by atoms with Gasteiger partial charge in [-0.05, 0) is 129 Å². The van der Waals surface area contributed by atoms with E-state index < -0.39 is 0 Å². The van der Waals surface area contributed by atoms with E-state index in [0.29, 0.717) is 0 Å². The molecule has 57 heavy (non-hydrogen) atoms. The summed E-state index contributed by atoms with van der Waals surface area (Å²) in [5.41, 5.74) is 13.1. The number of benzene rings is 6. The maximum atomic E-state index is 6.57. The number of thiophene rings is 1. The molecular formula is C46H26B2N4O2S3. The third-order valence-corrected chi connectivity index (χ3v) is 14.8. The number of aromatic nitrogens is 4. The fraction of sp³-hybridized carbons (Fsp3) is 0. The van der Waals surface area contributed by atoms with Crippen LogP contribution >= 0.6 is 34.9 Å². The lowest BCUT2D eigenvalue weighted by atomic mass is 9.34. The van der Waals surface area contributed by atoms with Gasteiger partial charge in [0.2, 0.25) is 6.71 Å². The van der Waals surface area contributed by atoms with Gasteiger partial charge in [-0.2, -0.15) is 10.2 Å². The normalized spacial score (nSPS) is 13.7. The molecule has 266 valence electrons. The SMILES string of the molecule is c1cc2c3c(c1)Oc1ccc(-n4cccn4)cc1B3c1cc(-c3csc(-c4ccc5c(c4)B4c6cc(-n7cccn7)ccc6Sc6cccc(c64)S5)c3)ccc1O2. The Kier molecular flexibility index (Phi) is 6.84. The predicted octanol–water partition coefficient (Wildman–Crippen LogP) is 7.63. The molecule has 6 aromatic carbocycles. The van der Waals surface area contributed by atoms with Gasteiger partial charge in [-0.15, -0.1) is 11.3 Å². The summed E-state index contributed by atoms with van der Waals surface area (Å²) in [5, 5.41) is 11.3. The van der Waals surface area contributed by atoms with Gasteiger partial charge in [-0.3, -0.25) is 0 Å². The molecule has 0 bridgehead atoms. The van der Waals surface area contributed by atoms with Crippen molar-refractivity contribution in [1.29, 1.82) is 0 Å². The average molecular weight is 785 g/mol. The molecule has 0 saturated carbocycles. The van der Waals surface area contributed by atoms with Crippen LogP contribution in [0.4, 0.5) is 0 Å². The molecule has 0 unspecified atom stereocenters. The van der Waals surface area contributed by atoms with Crippen molar-refractivity contribution in [3.63, 3.8) is 0 Å².